The maximum absolute atomic E-state index is 12.4. The molecule has 0 saturated heterocycles. The third kappa shape index (κ3) is 6.27. The average Bonchev–Trinajstić information content (AvgIpc) is 3.26. The smallest absolute Gasteiger partial charge is 0.310 e. The Labute approximate surface area is 223 Å². The molecule has 1 unspecified atom stereocenters. The van der Waals surface area contributed by atoms with Crippen molar-refractivity contribution in [3.63, 3.8) is 0 Å². The summed E-state index contributed by atoms with van der Waals surface area (Å²) in [7, 11) is 3.40. The molecule has 0 bridgehead atoms. The van der Waals surface area contributed by atoms with Crippen molar-refractivity contribution in [2.24, 2.45) is 0 Å². The molecule has 3 aromatic carbocycles. The number of thiazole rings is 1. The number of carbonyl (C=O) groups excluding carboxylic acids is 1. The first-order chi connectivity index (χ1) is 18.2. The zero-order chi connectivity index (χ0) is 27.2. The number of benzene rings is 3. The fourth-order valence-electron chi connectivity index (χ4n) is 4.07. The third-order valence-corrected chi connectivity index (χ3v) is 6.86. The van der Waals surface area contributed by atoms with Crippen molar-refractivity contribution in [1.29, 1.82) is 0 Å². The average molecular weight is 534 g/mol. The Hall–Kier alpha value is -4.44. The van der Waals surface area contributed by atoms with Crippen LogP contribution in [-0.4, -0.2) is 46.1 Å². The molecule has 0 aliphatic rings. The minimum atomic E-state index is -0.430. The van der Waals surface area contributed by atoms with Crippen LogP contribution in [0.3, 0.4) is 0 Å². The lowest BCUT2D eigenvalue weighted by molar-refractivity contribution is -0.384. The Kier molecular flexibility index (Phi) is 8.22. The number of ether oxygens (including phenoxy) is 1. The summed E-state index contributed by atoms with van der Waals surface area (Å²) in [5.74, 6) is 0.383. The van der Waals surface area contributed by atoms with Gasteiger partial charge in [-0.1, -0.05) is 47.7 Å². The molecule has 1 heterocycles. The summed E-state index contributed by atoms with van der Waals surface area (Å²) in [5.41, 5.74) is 3.14. The van der Waals surface area contributed by atoms with E-state index in [9.17, 15) is 24.8 Å². The zero-order valence-electron chi connectivity index (χ0n) is 20.9. The highest BCUT2D eigenvalue weighted by atomic mass is 32.1. The summed E-state index contributed by atoms with van der Waals surface area (Å²) in [5, 5.41) is 22.8. The van der Waals surface area contributed by atoms with Crippen molar-refractivity contribution in [3.05, 3.63) is 109 Å². The van der Waals surface area contributed by atoms with Crippen LogP contribution in [0, 0.1) is 10.1 Å². The molecule has 10 heteroatoms. The molecule has 0 aliphatic heterocycles. The highest BCUT2D eigenvalue weighted by Gasteiger charge is 2.19. The van der Waals surface area contributed by atoms with Gasteiger partial charge in [-0.2, -0.15) is 0 Å². The summed E-state index contributed by atoms with van der Waals surface area (Å²) >= 11 is 0.925. The van der Waals surface area contributed by atoms with E-state index in [1.165, 1.54) is 27.0 Å². The minimum Gasteiger partial charge on any atom is -0.494 e. The number of nitro groups is 1. The van der Waals surface area contributed by atoms with E-state index in [1.54, 1.807) is 50.5 Å². The van der Waals surface area contributed by atoms with Crippen LogP contribution in [0.1, 0.15) is 28.4 Å². The second-order valence-corrected chi connectivity index (χ2v) is 9.78. The van der Waals surface area contributed by atoms with E-state index in [2.05, 4.69) is 0 Å². The van der Waals surface area contributed by atoms with Crippen LogP contribution in [0.2, 0.25) is 0 Å². The maximum atomic E-state index is 12.4. The molecule has 0 aliphatic carbocycles. The van der Waals surface area contributed by atoms with E-state index in [0.717, 1.165) is 28.0 Å². The van der Waals surface area contributed by atoms with Crippen molar-refractivity contribution >= 4 is 22.9 Å². The monoisotopic (exact) mass is 533 g/mol. The van der Waals surface area contributed by atoms with Crippen LogP contribution in [-0.2, 0) is 6.42 Å². The molecule has 0 fully saturated rings. The Bertz CT molecular complexity index is 1480. The Balaban J connectivity index is 1.46. The van der Waals surface area contributed by atoms with E-state index in [-0.39, 0.29) is 29.0 Å². The summed E-state index contributed by atoms with van der Waals surface area (Å²) in [4.78, 5) is 36.5. The number of aromatic nitrogens is 1. The highest BCUT2D eigenvalue weighted by Crippen LogP contribution is 2.27. The molecule has 1 N–H and O–H groups in total. The lowest BCUT2D eigenvalue weighted by atomic mass is 10.0. The molecule has 0 radical (unpaired) electrons. The number of aryl methyl sites for hydroxylation is 1. The van der Waals surface area contributed by atoms with Crippen LogP contribution in [0.4, 0.5) is 5.69 Å². The summed E-state index contributed by atoms with van der Waals surface area (Å²) in [6, 6.07) is 20.5. The van der Waals surface area contributed by atoms with Crippen molar-refractivity contribution in [3.8, 4) is 22.8 Å². The number of aromatic hydroxyl groups is 1. The number of hydrogen-bond acceptors (Lipinski definition) is 7. The van der Waals surface area contributed by atoms with Gasteiger partial charge in [0.2, 0.25) is 5.88 Å². The normalized spacial score (nSPS) is 11.6. The zero-order valence-corrected chi connectivity index (χ0v) is 21.8. The van der Waals surface area contributed by atoms with E-state index in [1.807, 2.05) is 24.3 Å². The first-order valence-corrected chi connectivity index (χ1v) is 12.8. The van der Waals surface area contributed by atoms with Gasteiger partial charge in [0.25, 0.3) is 11.6 Å². The number of rotatable bonds is 10. The minimum absolute atomic E-state index is 0.0191. The molecule has 196 valence electrons. The first kappa shape index (κ1) is 26.6. The lowest BCUT2D eigenvalue weighted by Crippen LogP contribution is -2.25. The standard InChI is InChI=1S/C28H27N3O6S/c1-29(2)27(33)21-9-6-19(7-10-21)8-13-24(30-26(32)18-38-28(30)34)17-37-25-14-11-20(12-15-25)22-4-3-5-23(16-22)31(35)36/h3-7,9-12,14-16,18,24,32H,8,13,17H2,1-2H3. The first-order valence-electron chi connectivity index (χ1n) is 11.9. The van der Waals surface area contributed by atoms with Gasteiger partial charge in [0, 0.05) is 31.8 Å². The van der Waals surface area contributed by atoms with Gasteiger partial charge >= 0.3 is 4.87 Å². The summed E-state index contributed by atoms with van der Waals surface area (Å²) in [6.07, 6.45) is 1.13. The SMILES string of the molecule is CN(C)C(=O)c1ccc(CCC(COc2ccc(-c3cccc([N+](=O)[O-])c3)cc2)n2c(O)csc2=O)cc1. The van der Waals surface area contributed by atoms with Crippen LogP contribution in [0.25, 0.3) is 11.1 Å². The van der Waals surface area contributed by atoms with Crippen molar-refractivity contribution in [2.45, 2.75) is 18.9 Å². The highest BCUT2D eigenvalue weighted by molar-refractivity contribution is 7.07. The topological polar surface area (TPSA) is 115 Å². The summed E-state index contributed by atoms with van der Waals surface area (Å²) in [6.45, 7) is 0.150. The number of carbonyl (C=O) groups is 1. The van der Waals surface area contributed by atoms with Crippen molar-refractivity contribution < 1.29 is 19.6 Å². The fraction of sp³-hybridized carbons (Fsp3) is 0.214. The molecule has 0 spiro atoms. The van der Waals surface area contributed by atoms with Crippen LogP contribution in [0.5, 0.6) is 11.6 Å². The predicted octanol–water partition coefficient (Wildman–Crippen LogP) is 5.15. The molecule has 38 heavy (non-hydrogen) atoms. The third-order valence-electron chi connectivity index (χ3n) is 6.13. The number of non-ortho nitro benzene ring substituents is 1. The van der Waals surface area contributed by atoms with Crippen LogP contribution < -0.4 is 9.61 Å². The Morgan fingerprint density at radius 1 is 1.08 bits per heavy atom. The molecular weight excluding hydrogens is 506 g/mol. The van der Waals surface area contributed by atoms with Gasteiger partial charge in [-0.15, -0.1) is 0 Å². The lowest BCUT2D eigenvalue weighted by Gasteiger charge is -2.20. The molecule has 4 rings (SSSR count). The molecule has 0 saturated carbocycles. The van der Waals surface area contributed by atoms with E-state index in [4.69, 9.17) is 4.74 Å². The van der Waals surface area contributed by atoms with Crippen molar-refractivity contribution in [1.82, 2.24) is 9.47 Å². The molecule has 9 nitrogen and oxygen atoms in total. The van der Waals surface area contributed by atoms with E-state index < -0.39 is 11.0 Å². The fourth-order valence-corrected chi connectivity index (χ4v) is 4.75. The number of amides is 1. The predicted molar refractivity (Wildman–Crippen MR) is 146 cm³/mol. The van der Waals surface area contributed by atoms with Gasteiger partial charge in [0.05, 0.1) is 16.3 Å². The maximum Gasteiger partial charge on any atom is 0.310 e. The second-order valence-electron chi connectivity index (χ2n) is 8.96. The molecule has 1 aromatic heterocycles. The van der Waals surface area contributed by atoms with Gasteiger partial charge in [0.1, 0.15) is 12.4 Å². The van der Waals surface area contributed by atoms with Crippen molar-refractivity contribution in [2.75, 3.05) is 20.7 Å². The molecular formula is C28H27N3O6S. The largest absolute Gasteiger partial charge is 0.494 e. The molecule has 4 aromatic rings. The van der Waals surface area contributed by atoms with Gasteiger partial charge in [-0.25, -0.2) is 0 Å². The molecule has 1 atom stereocenters. The number of nitro benzene ring substituents is 1. The van der Waals surface area contributed by atoms with E-state index >= 15 is 0 Å². The quantitative estimate of drug-likeness (QED) is 0.223. The molecule has 1 amide bonds. The van der Waals surface area contributed by atoms with E-state index in [0.29, 0.717) is 24.2 Å². The van der Waals surface area contributed by atoms with Gasteiger partial charge in [0.15, 0.2) is 0 Å². The van der Waals surface area contributed by atoms with Gasteiger partial charge < -0.3 is 14.7 Å². The van der Waals surface area contributed by atoms with Crippen LogP contribution >= 0.6 is 11.3 Å². The van der Waals surface area contributed by atoms with Gasteiger partial charge in [-0.05, 0) is 53.8 Å². The number of nitrogens with zero attached hydrogens (tertiary/aromatic N) is 3. The number of hydrogen-bond donors (Lipinski definition) is 1. The summed E-state index contributed by atoms with van der Waals surface area (Å²) < 4.78 is 7.33. The Morgan fingerprint density at radius 3 is 2.39 bits per heavy atom. The Morgan fingerprint density at radius 2 is 1.79 bits per heavy atom. The van der Waals surface area contributed by atoms with Gasteiger partial charge in [-0.3, -0.25) is 24.3 Å². The second kappa shape index (κ2) is 11.7. The van der Waals surface area contributed by atoms with Crippen LogP contribution in [0.15, 0.2) is 83.0 Å².